The van der Waals surface area contributed by atoms with Crippen LogP contribution < -0.4 is 0 Å². The molecule has 0 spiro atoms. The van der Waals surface area contributed by atoms with Crippen molar-refractivity contribution in [2.45, 2.75) is 0 Å². The van der Waals surface area contributed by atoms with E-state index in [9.17, 15) is 0 Å². The van der Waals surface area contributed by atoms with Crippen LogP contribution in [0.25, 0.3) is 0 Å². The molecule has 0 atom stereocenters. The summed E-state index contributed by atoms with van der Waals surface area (Å²) in [5.41, 5.74) is 0. The van der Waals surface area contributed by atoms with Crippen LogP contribution in [-0.4, -0.2) is 87.4 Å². The van der Waals surface area contributed by atoms with Crippen LogP contribution in [-0.2, 0) is 58.0 Å². The van der Waals surface area contributed by atoms with E-state index < -0.39 is 9.29 Å². The third kappa shape index (κ3) is 218. The van der Waals surface area contributed by atoms with E-state index in [1.165, 1.54) is 0 Å². The minimum atomic E-state index is -1.42. The molecule has 0 aliphatic carbocycles. The van der Waals surface area contributed by atoms with Crippen LogP contribution >= 0.6 is 0 Å². The molecule has 0 aromatic rings. The maximum Gasteiger partial charge on any atom is 4.00 e. The van der Waals surface area contributed by atoms with E-state index in [1.807, 2.05) is 0 Å². The minimum absolute atomic E-state index is 0. The SMILES string of the molecule is O=[Si]=O.[Al+3].[Ca+2].[Mg+2].[O-2].[O-2].[O-2].[O-2].[O-2].[Ti+4]. The molecule has 0 N–H and O–H groups in total. The standard InChI is InChI=1S/Al.Ca.Mg.O2Si.5O.Ti/c;;;1-3-2;;;;;;/q+3;2*+2;;5*-2;+4. The molecule has 56 valence electrons. The molecular weight excluding hydrogens is 279 g/mol. The molecule has 0 heterocycles. The Morgan fingerprint density at radius 3 is 0.750 bits per heavy atom. The Hall–Kier alpha value is 2.89. The van der Waals surface area contributed by atoms with Gasteiger partial charge in [-0.25, -0.2) is 0 Å². The van der Waals surface area contributed by atoms with Crippen LogP contribution in [0.2, 0.25) is 0 Å². The van der Waals surface area contributed by atoms with Crippen LogP contribution in [0, 0.1) is 0 Å². The van der Waals surface area contributed by atoms with E-state index in [4.69, 9.17) is 8.92 Å². The topological polar surface area (TPSA) is 177 Å². The summed E-state index contributed by atoms with van der Waals surface area (Å²) in [5, 5.41) is 0. The second kappa shape index (κ2) is 153. The quantitative estimate of drug-likeness (QED) is 0.451. The van der Waals surface area contributed by atoms with Gasteiger partial charge in [0.2, 0.25) is 0 Å². The Bertz CT molecular complexity index is 44.4. The summed E-state index contributed by atoms with van der Waals surface area (Å²) < 4.78 is 16.8. The van der Waals surface area contributed by atoms with Crippen molar-refractivity contribution in [3.63, 3.8) is 0 Å². The average Bonchev–Trinajstić information content (AvgIpc) is 0.918. The smallest absolute Gasteiger partial charge is 2.00 e. The van der Waals surface area contributed by atoms with Crippen LogP contribution in [0.4, 0.5) is 0 Å². The molecule has 0 aliphatic rings. The summed E-state index contributed by atoms with van der Waals surface area (Å²) in [7, 11) is -1.42. The fourth-order valence-corrected chi connectivity index (χ4v) is 0. The summed E-state index contributed by atoms with van der Waals surface area (Å²) in [6, 6.07) is 0. The van der Waals surface area contributed by atoms with Crippen molar-refractivity contribution in [2.75, 3.05) is 0 Å². The first-order valence-corrected chi connectivity index (χ1v) is 1.22. The Balaban J connectivity index is -0.000000000556. The first-order valence-electron chi connectivity index (χ1n) is 0.408. The molecule has 0 amide bonds. The molecule has 12 heavy (non-hydrogen) atoms. The summed E-state index contributed by atoms with van der Waals surface area (Å²) in [4.78, 5) is 0. The van der Waals surface area contributed by atoms with Gasteiger partial charge in [0.25, 0.3) is 0 Å². The van der Waals surface area contributed by atoms with Gasteiger partial charge >= 0.3 is 109 Å². The predicted octanol–water partition coefficient (Wildman–Crippen LogP) is -2.36. The number of hydrogen-bond donors (Lipinski definition) is 0. The fourth-order valence-electron chi connectivity index (χ4n) is 0. The molecule has 0 aromatic carbocycles. The van der Waals surface area contributed by atoms with Gasteiger partial charge in [-0.05, 0) is 0 Å². The van der Waals surface area contributed by atoms with Crippen molar-refractivity contribution in [1.82, 2.24) is 0 Å². The van der Waals surface area contributed by atoms with Gasteiger partial charge in [0, 0.05) is 0 Å². The summed E-state index contributed by atoms with van der Waals surface area (Å²) in [6.07, 6.45) is 0. The zero-order valence-corrected chi connectivity index (χ0v) is 13.2. The molecule has 0 aromatic heterocycles. The third-order valence-electron chi connectivity index (χ3n) is 0. The Morgan fingerprint density at radius 1 is 0.750 bits per heavy atom. The fraction of sp³-hybridized carbons (Fsp3) is 0. The summed E-state index contributed by atoms with van der Waals surface area (Å²) in [6.45, 7) is 0. The average molecular weight is 279 g/mol. The van der Waals surface area contributed by atoms with E-state index >= 15 is 0 Å². The molecule has 12 heteroatoms. The molecular formula is AlCaMgO7SiTi+. The largest absolute Gasteiger partial charge is 4.00 e. The molecule has 0 radical (unpaired) electrons. The van der Waals surface area contributed by atoms with Crippen molar-refractivity contribution in [1.29, 1.82) is 0 Å². The van der Waals surface area contributed by atoms with Gasteiger partial charge in [-0.15, -0.1) is 0 Å². The first kappa shape index (κ1) is 120. The van der Waals surface area contributed by atoms with Gasteiger partial charge in [-0.3, -0.25) is 8.92 Å². The van der Waals surface area contributed by atoms with Crippen LogP contribution in [0.3, 0.4) is 0 Å². The maximum atomic E-state index is 8.40. The molecule has 0 unspecified atom stereocenters. The van der Waals surface area contributed by atoms with Gasteiger partial charge in [-0.1, -0.05) is 0 Å². The van der Waals surface area contributed by atoms with Crippen LogP contribution in [0.1, 0.15) is 0 Å². The predicted molar refractivity (Wildman–Crippen MR) is 27.8 cm³/mol. The third-order valence-corrected chi connectivity index (χ3v) is 0. The van der Waals surface area contributed by atoms with Crippen molar-refractivity contribution in [3.8, 4) is 0 Å². The number of rotatable bonds is 0. The van der Waals surface area contributed by atoms with Crippen molar-refractivity contribution in [3.05, 3.63) is 0 Å². The van der Waals surface area contributed by atoms with E-state index in [1.54, 1.807) is 0 Å². The van der Waals surface area contributed by atoms with Gasteiger partial charge < -0.3 is 27.4 Å². The summed E-state index contributed by atoms with van der Waals surface area (Å²) >= 11 is 0. The molecule has 0 saturated carbocycles. The van der Waals surface area contributed by atoms with E-state index in [0.717, 1.165) is 0 Å². The molecule has 0 rings (SSSR count). The Morgan fingerprint density at radius 2 is 0.750 bits per heavy atom. The zero-order valence-electron chi connectivity index (χ0n) is 5.85. The molecule has 0 fully saturated rings. The number of hydrogen-bond acceptors (Lipinski definition) is 2. The van der Waals surface area contributed by atoms with Crippen LogP contribution in [0.15, 0.2) is 0 Å². The van der Waals surface area contributed by atoms with Gasteiger partial charge in [0.05, 0.1) is 0 Å². The molecule has 0 saturated heterocycles. The maximum absolute atomic E-state index is 8.40. The van der Waals surface area contributed by atoms with Gasteiger partial charge in [0.1, 0.15) is 0 Å². The van der Waals surface area contributed by atoms with E-state index in [2.05, 4.69) is 0 Å². The van der Waals surface area contributed by atoms with Crippen molar-refractivity contribution >= 4 is 87.4 Å². The molecule has 7 nitrogen and oxygen atoms in total. The van der Waals surface area contributed by atoms with Gasteiger partial charge in [0.15, 0.2) is 0 Å². The molecule has 0 bridgehead atoms. The van der Waals surface area contributed by atoms with Crippen LogP contribution in [0.5, 0.6) is 0 Å². The van der Waals surface area contributed by atoms with E-state index in [0.29, 0.717) is 0 Å². The monoisotopic (exact) mass is 279 g/mol. The Labute approximate surface area is 143 Å². The first-order chi connectivity index (χ1) is 1.41. The normalized spacial score (nSPS) is 0.667. The zero-order chi connectivity index (χ0) is 2.71. The second-order valence-corrected chi connectivity index (χ2v) is 0.250. The molecule has 0 aliphatic heterocycles. The van der Waals surface area contributed by atoms with Crippen molar-refractivity contribution < 1.29 is 58.0 Å². The minimum Gasteiger partial charge on any atom is -2.00 e. The Kier molecular flexibility index (Phi) is 1530. The second-order valence-electron chi connectivity index (χ2n) is 0.0833. The van der Waals surface area contributed by atoms with Crippen molar-refractivity contribution in [2.24, 2.45) is 0 Å². The summed E-state index contributed by atoms with van der Waals surface area (Å²) in [5.74, 6) is 0. The van der Waals surface area contributed by atoms with Gasteiger partial charge in [-0.2, -0.15) is 0 Å². The van der Waals surface area contributed by atoms with E-state index in [-0.39, 0.29) is 127 Å².